The number of Topliss-reactive ketones (excluding diaryl/α,β-unsaturated/α-hetero) is 1. The molecule has 1 N–H and O–H groups in total. The topological polar surface area (TPSA) is 57.6 Å². The molecule has 2 aromatic carbocycles. The second kappa shape index (κ2) is 6.86. The van der Waals surface area contributed by atoms with Gasteiger partial charge in [-0.25, -0.2) is 0 Å². The molecule has 0 radical (unpaired) electrons. The summed E-state index contributed by atoms with van der Waals surface area (Å²) >= 11 is 6.09. The molecule has 0 fully saturated rings. The number of carbonyl (C=O) groups excluding carboxylic acids is 2. The minimum atomic E-state index is -1.89. The summed E-state index contributed by atoms with van der Waals surface area (Å²) in [6.07, 6.45) is 0.443. The van der Waals surface area contributed by atoms with Crippen molar-refractivity contribution in [3.05, 3.63) is 63.7 Å². The van der Waals surface area contributed by atoms with Crippen molar-refractivity contribution in [3.8, 4) is 0 Å². The molecule has 26 heavy (non-hydrogen) atoms. The van der Waals surface area contributed by atoms with Gasteiger partial charge in [-0.1, -0.05) is 42.3 Å². The summed E-state index contributed by atoms with van der Waals surface area (Å²) < 4.78 is 0. The Morgan fingerprint density at radius 2 is 1.92 bits per heavy atom. The first kappa shape index (κ1) is 18.6. The van der Waals surface area contributed by atoms with Crippen LogP contribution in [0.2, 0.25) is 5.02 Å². The van der Waals surface area contributed by atoms with Crippen LogP contribution in [0.5, 0.6) is 0 Å². The Bertz CT molecular complexity index is 893. The number of ketones is 1. The van der Waals surface area contributed by atoms with Crippen LogP contribution in [-0.4, -0.2) is 23.3 Å². The molecule has 5 heteroatoms. The smallest absolute Gasteiger partial charge is 0.264 e. The SMILES string of the molecule is CCCN1C(=O)[C@](O)(CC(=O)c2ccc(C)cc2C)c2cc(Cl)ccc21. The molecule has 0 unspecified atom stereocenters. The maximum Gasteiger partial charge on any atom is 0.264 e. The van der Waals surface area contributed by atoms with E-state index in [1.165, 1.54) is 0 Å². The highest BCUT2D eigenvalue weighted by Gasteiger charge is 2.50. The molecule has 136 valence electrons. The number of hydrogen-bond donors (Lipinski definition) is 1. The molecule has 0 spiro atoms. The van der Waals surface area contributed by atoms with Crippen LogP contribution in [0, 0.1) is 13.8 Å². The van der Waals surface area contributed by atoms with Crippen LogP contribution in [0.3, 0.4) is 0 Å². The lowest BCUT2D eigenvalue weighted by atomic mass is 9.87. The van der Waals surface area contributed by atoms with E-state index >= 15 is 0 Å². The van der Waals surface area contributed by atoms with Crippen LogP contribution in [0.25, 0.3) is 0 Å². The van der Waals surface area contributed by atoms with Gasteiger partial charge >= 0.3 is 0 Å². The van der Waals surface area contributed by atoms with Gasteiger partial charge in [0.2, 0.25) is 0 Å². The maximum atomic E-state index is 13.0. The Balaban J connectivity index is 2.02. The number of amides is 1. The van der Waals surface area contributed by atoms with Crippen molar-refractivity contribution in [2.45, 2.75) is 39.2 Å². The van der Waals surface area contributed by atoms with E-state index in [2.05, 4.69) is 0 Å². The van der Waals surface area contributed by atoms with Crippen molar-refractivity contribution >= 4 is 29.0 Å². The second-order valence-electron chi connectivity index (χ2n) is 6.90. The largest absolute Gasteiger partial charge is 0.375 e. The summed E-state index contributed by atoms with van der Waals surface area (Å²) in [6.45, 7) is 6.25. The normalized spacial score (nSPS) is 19.0. The zero-order valence-electron chi connectivity index (χ0n) is 15.2. The van der Waals surface area contributed by atoms with Gasteiger partial charge in [-0.05, 0) is 44.0 Å². The fraction of sp³-hybridized carbons (Fsp3) is 0.333. The molecule has 3 rings (SSSR count). The average Bonchev–Trinajstić information content (AvgIpc) is 2.77. The lowest BCUT2D eigenvalue weighted by Gasteiger charge is -2.23. The number of rotatable bonds is 5. The summed E-state index contributed by atoms with van der Waals surface area (Å²) in [4.78, 5) is 27.4. The Morgan fingerprint density at radius 3 is 2.58 bits per heavy atom. The van der Waals surface area contributed by atoms with Crippen molar-refractivity contribution in [3.63, 3.8) is 0 Å². The van der Waals surface area contributed by atoms with E-state index in [9.17, 15) is 14.7 Å². The monoisotopic (exact) mass is 371 g/mol. The van der Waals surface area contributed by atoms with E-state index in [-0.39, 0.29) is 12.2 Å². The summed E-state index contributed by atoms with van der Waals surface area (Å²) in [7, 11) is 0. The summed E-state index contributed by atoms with van der Waals surface area (Å²) in [5.41, 5.74) is 1.55. The summed E-state index contributed by atoms with van der Waals surface area (Å²) in [6, 6.07) is 10.5. The first-order valence-electron chi connectivity index (χ1n) is 8.72. The second-order valence-corrected chi connectivity index (χ2v) is 7.33. The highest BCUT2D eigenvalue weighted by atomic mass is 35.5. The zero-order chi connectivity index (χ0) is 19.1. The predicted molar refractivity (Wildman–Crippen MR) is 103 cm³/mol. The number of carbonyl (C=O) groups is 2. The first-order chi connectivity index (χ1) is 12.3. The number of hydrogen-bond acceptors (Lipinski definition) is 3. The molecule has 4 nitrogen and oxygen atoms in total. The molecule has 1 atom stereocenters. The van der Waals surface area contributed by atoms with Crippen LogP contribution in [0.15, 0.2) is 36.4 Å². The molecule has 0 aromatic heterocycles. The van der Waals surface area contributed by atoms with E-state index in [4.69, 9.17) is 11.6 Å². The van der Waals surface area contributed by atoms with Crippen molar-refractivity contribution < 1.29 is 14.7 Å². The molecular weight excluding hydrogens is 350 g/mol. The highest BCUT2D eigenvalue weighted by Crippen LogP contribution is 2.44. The average molecular weight is 372 g/mol. The first-order valence-corrected chi connectivity index (χ1v) is 9.10. The molecule has 0 saturated heterocycles. The lowest BCUT2D eigenvalue weighted by molar-refractivity contribution is -0.135. The van der Waals surface area contributed by atoms with E-state index in [0.29, 0.717) is 28.4 Å². The highest BCUT2D eigenvalue weighted by molar-refractivity contribution is 6.31. The van der Waals surface area contributed by atoms with E-state index in [1.807, 2.05) is 32.9 Å². The van der Waals surface area contributed by atoms with Gasteiger partial charge in [-0.3, -0.25) is 9.59 Å². The van der Waals surface area contributed by atoms with Crippen molar-refractivity contribution in [2.75, 3.05) is 11.4 Å². The number of halogens is 1. The van der Waals surface area contributed by atoms with Crippen LogP contribution in [0.1, 0.15) is 46.8 Å². The Labute approximate surface area is 158 Å². The fourth-order valence-corrected chi connectivity index (χ4v) is 3.77. The Morgan fingerprint density at radius 1 is 1.19 bits per heavy atom. The van der Waals surface area contributed by atoms with Crippen LogP contribution in [0.4, 0.5) is 5.69 Å². The predicted octanol–water partition coefficient (Wildman–Crippen LogP) is 4.17. The zero-order valence-corrected chi connectivity index (χ0v) is 15.9. The van der Waals surface area contributed by atoms with Gasteiger partial charge in [-0.2, -0.15) is 0 Å². The van der Waals surface area contributed by atoms with Gasteiger partial charge in [0.1, 0.15) is 0 Å². The fourth-order valence-electron chi connectivity index (χ4n) is 3.59. The molecular formula is C21H22ClNO3. The molecule has 1 aliphatic rings. The molecule has 1 heterocycles. The third kappa shape index (κ3) is 3.04. The van der Waals surface area contributed by atoms with Gasteiger partial charge in [0.05, 0.1) is 12.1 Å². The summed E-state index contributed by atoms with van der Waals surface area (Å²) in [5, 5.41) is 11.7. The number of nitrogens with zero attached hydrogens (tertiary/aromatic N) is 1. The van der Waals surface area contributed by atoms with Crippen LogP contribution >= 0.6 is 11.6 Å². The van der Waals surface area contributed by atoms with E-state index in [1.54, 1.807) is 29.2 Å². The van der Waals surface area contributed by atoms with Gasteiger partial charge in [0, 0.05) is 22.7 Å². The van der Waals surface area contributed by atoms with Crippen molar-refractivity contribution in [1.29, 1.82) is 0 Å². The van der Waals surface area contributed by atoms with Crippen molar-refractivity contribution in [2.24, 2.45) is 0 Å². The number of aliphatic hydroxyl groups is 1. The molecule has 2 aromatic rings. The third-order valence-corrected chi connectivity index (χ3v) is 5.07. The van der Waals surface area contributed by atoms with Crippen molar-refractivity contribution in [1.82, 2.24) is 0 Å². The molecule has 0 saturated carbocycles. The number of fused-ring (bicyclic) bond motifs is 1. The number of aryl methyl sites for hydroxylation is 2. The lowest BCUT2D eigenvalue weighted by Crippen LogP contribution is -2.42. The minimum absolute atomic E-state index is 0.261. The molecule has 1 amide bonds. The van der Waals surface area contributed by atoms with Gasteiger partial charge < -0.3 is 10.0 Å². The third-order valence-electron chi connectivity index (χ3n) is 4.84. The molecule has 0 aliphatic carbocycles. The van der Waals surface area contributed by atoms with Gasteiger partial charge in [0.25, 0.3) is 5.91 Å². The minimum Gasteiger partial charge on any atom is -0.375 e. The molecule has 0 bridgehead atoms. The summed E-state index contributed by atoms with van der Waals surface area (Å²) in [5.74, 6) is -0.725. The van der Waals surface area contributed by atoms with Gasteiger partial charge in [0.15, 0.2) is 11.4 Å². The molecule has 1 aliphatic heterocycles. The van der Waals surface area contributed by atoms with Crippen LogP contribution in [-0.2, 0) is 10.4 Å². The standard InChI is InChI=1S/C21H22ClNO3/c1-4-9-23-18-8-6-15(22)11-17(18)21(26,20(23)25)12-19(24)16-7-5-13(2)10-14(16)3/h5-8,10-11,26H,4,9,12H2,1-3H3/t21-/m0/s1. The number of benzene rings is 2. The van der Waals surface area contributed by atoms with Gasteiger partial charge in [-0.15, -0.1) is 0 Å². The van der Waals surface area contributed by atoms with E-state index in [0.717, 1.165) is 17.5 Å². The number of anilines is 1. The maximum absolute atomic E-state index is 13.0. The van der Waals surface area contributed by atoms with E-state index < -0.39 is 11.5 Å². The Hall–Kier alpha value is -2.17. The van der Waals surface area contributed by atoms with Crippen LogP contribution < -0.4 is 4.90 Å². The Kier molecular flexibility index (Phi) is 4.91. The quantitative estimate of drug-likeness (QED) is 0.802.